The fourth-order valence-corrected chi connectivity index (χ4v) is 2.73. The number of hydrogen-bond acceptors (Lipinski definition) is 3. The third-order valence-electron chi connectivity index (χ3n) is 4.27. The van der Waals surface area contributed by atoms with E-state index in [-0.39, 0.29) is 18.4 Å². The second kappa shape index (κ2) is 9.52. The highest BCUT2D eigenvalue weighted by Gasteiger charge is 2.26. The van der Waals surface area contributed by atoms with Crippen LogP contribution < -0.4 is 5.32 Å². The van der Waals surface area contributed by atoms with E-state index in [2.05, 4.69) is 5.32 Å². The van der Waals surface area contributed by atoms with Crippen molar-refractivity contribution in [3.8, 4) is 0 Å². The fourth-order valence-electron chi connectivity index (χ4n) is 2.73. The van der Waals surface area contributed by atoms with E-state index in [0.29, 0.717) is 12.0 Å². The molecule has 2 rings (SSSR count). The summed E-state index contributed by atoms with van der Waals surface area (Å²) >= 11 is 0. The first-order chi connectivity index (χ1) is 12.9. The largest absolute Gasteiger partial charge is 0.481 e. The van der Waals surface area contributed by atoms with E-state index in [4.69, 9.17) is 5.11 Å². The Labute approximate surface area is 158 Å². The third kappa shape index (κ3) is 5.95. The Kier molecular flexibility index (Phi) is 7.11. The summed E-state index contributed by atoms with van der Waals surface area (Å²) in [7, 11) is 1.55. The molecule has 0 fully saturated rings. The first kappa shape index (κ1) is 20.2. The summed E-state index contributed by atoms with van der Waals surface area (Å²) in [6.45, 7) is 1.61. The van der Waals surface area contributed by atoms with Crippen molar-refractivity contribution in [2.45, 2.75) is 19.4 Å². The molecule has 0 aliphatic carbocycles. The maximum atomic E-state index is 12.9. The fraction of sp³-hybridized carbons (Fsp3) is 0.286. The summed E-state index contributed by atoms with van der Waals surface area (Å²) in [5, 5.41) is 11.9. The van der Waals surface area contributed by atoms with Gasteiger partial charge in [-0.15, -0.1) is 0 Å². The molecule has 142 valence electrons. The summed E-state index contributed by atoms with van der Waals surface area (Å²) in [4.78, 5) is 37.8. The Balaban J connectivity index is 2.17. The Morgan fingerprint density at radius 1 is 1.00 bits per heavy atom. The van der Waals surface area contributed by atoms with Gasteiger partial charge >= 0.3 is 5.97 Å². The Morgan fingerprint density at radius 2 is 1.56 bits per heavy atom. The first-order valence-electron chi connectivity index (χ1n) is 8.76. The number of carbonyl (C=O) groups excluding carboxylic acids is 2. The zero-order valence-corrected chi connectivity index (χ0v) is 15.5. The minimum absolute atomic E-state index is 0.0701. The van der Waals surface area contributed by atoms with Crippen molar-refractivity contribution < 1.29 is 19.5 Å². The molecule has 0 aliphatic heterocycles. The molecular weight excluding hydrogens is 344 g/mol. The van der Waals surface area contributed by atoms with Gasteiger partial charge in [0, 0.05) is 25.6 Å². The maximum absolute atomic E-state index is 12.9. The van der Waals surface area contributed by atoms with Crippen molar-refractivity contribution in [3.63, 3.8) is 0 Å². The Morgan fingerprint density at radius 3 is 2.11 bits per heavy atom. The summed E-state index contributed by atoms with van der Waals surface area (Å²) < 4.78 is 0. The van der Waals surface area contributed by atoms with Crippen LogP contribution in [0.25, 0.3) is 0 Å². The number of aliphatic carboxylic acids is 1. The molecule has 0 heterocycles. The lowest BCUT2D eigenvalue weighted by atomic mass is 10.0. The maximum Gasteiger partial charge on any atom is 0.308 e. The van der Waals surface area contributed by atoms with Crippen molar-refractivity contribution in [2.75, 3.05) is 13.6 Å². The van der Waals surface area contributed by atoms with Gasteiger partial charge in [-0.3, -0.25) is 14.4 Å². The molecule has 6 nitrogen and oxygen atoms in total. The lowest BCUT2D eigenvalue weighted by molar-refractivity contribution is -0.143. The Hall–Kier alpha value is -3.15. The predicted molar refractivity (Wildman–Crippen MR) is 102 cm³/mol. The lowest BCUT2D eigenvalue weighted by Crippen LogP contribution is -2.49. The van der Waals surface area contributed by atoms with Gasteiger partial charge in [0.15, 0.2) is 0 Å². The predicted octanol–water partition coefficient (Wildman–Crippen LogP) is 2.21. The molecule has 0 bridgehead atoms. The molecule has 27 heavy (non-hydrogen) atoms. The molecule has 0 aliphatic rings. The van der Waals surface area contributed by atoms with E-state index in [1.165, 1.54) is 4.90 Å². The highest BCUT2D eigenvalue weighted by molar-refractivity contribution is 5.97. The van der Waals surface area contributed by atoms with Gasteiger partial charge in [-0.25, -0.2) is 0 Å². The average Bonchev–Trinajstić information content (AvgIpc) is 2.68. The monoisotopic (exact) mass is 368 g/mol. The van der Waals surface area contributed by atoms with Crippen molar-refractivity contribution in [1.29, 1.82) is 0 Å². The SMILES string of the molecule is CC(CN(C)C(=O)C(Cc1ccccc1)NC(=O)c1ccccc1)C(=O)O. The van der Waals surface area contributed by atoms with Gasteiger partial charge in [-0.2, -0.15) is 0 Å². The zero-order chi connectivity index (χ0) is 19.8. The van der Waals surface area contributed by atoms with Crippen LogP contribution in [0, 0.1) is 5.92 Å². The molecule has 0 saturated heterocycles. The first-order valence-corrected chi connectivity index (χ1v) is 8.76. The Bertz CT molecular complexity index is 777. The zero-order valence-electron chi connectivity index (χ0n) is 15.5. The van der Waals surface area contributed by atoms with E-state index < -0.39 is 17.9 Å². The number of carbonyl (C=O) groups is 3. The minimum atomic E-state index is -0.970. The van der Waals surface area contributed by atoms with Crippen LogP contribution in [0.3, 0.4) is 0 Å². The summed E-state index contributed by atoms with van der Waals surface area (Å²) in [6, 6.07) is 17.3. The molecule has 2 N–H and O–H groups in total. The van der Waals surface area contributed by atoms with Crippen molar-refractivity contribution in [3.05, 3.63) is 71.8 Å². The van der Waals surface area contributed by atoms with E-state index in [9.17, 15) is 14.4 Å². The summed E-state index contributed by atoms with van der Waals surface area (Å²) in [5.41, 5.74) is 1.37. The van der Waals surface area contributed by atoms with E-state index >= 15 is 0 Å². The average molecular weight is 368 g/mol. The van der Waals surface area contributed by atoms with Crippen LogP contribution >= 0.6 is 0 Å². The van der Waals surface area contributed by atoms with Gasteiger partial charge in [0.2, 0.25) is 5.91 Å². The van der Waals surface area contributed by atoms with Crippen LogP contribution in [0.4, 0.5) is 0 Å². The summed E-state index contributed by atoms with van der Waals surface area (Å²) in [5.74, 6) is -2.33. The number of nitrogens with zero attached hydrogens (tertiary/aromatic N) is 1. The standard InChI is InChI=1S/C21H24N2O4/c1-15(21(26)27)14-23(2)20(25)18(13-16-9-5-3-6-10-16)22-19(24)17-11-7-4-8-12-17/h3-12,15,18H,13-14H2,1-2H3,(H,22,24)(H,26,27). The number of hydrogen-bond donors (Lipinski definition) is 2. The van der Waals surface area contributed by atoms with Crippen LogP contribution in [0.1, 0.15) is 22.8 Å². The number of likely N-dealkylation sites (N-methyl/N-ethyl adjacent to an activating group) is 1. The molecule has 2 aromatic carbocycles. The van der Waals surface area contributed by atoms with E-state index in [1.54, 1.807) is 38.2 Å². The topological polar surface area (TPSA) is 86.7 Å². The lowest BCUT2D eigenvalue weighted by Gasteiger charge is -2.26. The van der Waals surface area contributed by atoms with Crippen LogP contribution in [0.15, 0.2) is 60.7 Å². The molecule has 0 radical (unpaired) electrons. The second-order valence-electron chi connectivity index (χ2n) is 6.54. The van der Waals surface area contributed by atoms with Crippen LogP contribution in [-0.4, -0.2) is 47.4 Å². The van der Waals surface area contributed by atoms with E-state index in [1.807, 2.05) is 36.4 Å². The van der Waals surface area contributed by atoms with Crippen molar-refractivity contribution in [2.24, 2.45) is 5.92 Å². The van der Waals surface area contributed by atoms with Gasteiger partial charge in [0.05, 0.1) is 5.92 Å². The van der Waals surface area contributed by atoms with Crippen molar-refractivity contribution in [1.82, 2.24) is 10.2 Å². The van der Waals surface area contributed by atoms with Gasteiger partial charge < -0.3 is 15.3 Å². The molecular formula is C21H24N2O4. The molecule has 2 atom stereocenters. The molecule has 0 aromatic heterocycles. The molecule has 2 amide bonds. The molecule has 0 saturated carbocycles. The molecule has 2 aromatic rings. The van der Waals surface area contributed by atoms with E-state index in [0.717, 1.165) is 5.56 Å². The second-order valence-corrected chi connectivity index (χ2v) is 6.54. The van der Waals surface area contributed by atoms with Crippen molar-refractivity contribution >= 4 is 17.8 Å². The smallest absolute Gasteiger partial charge is 0.308 e. The number of carboxylic acid groups (broad SMARTS) is 1. The van der Waals surface area contributed by atoms with Crippen LogP contribution in [0.5, 0.6) is 0 Å². The number of nitrogens with one attached hydrogen (secondary N) is 1. The molecule has 6 heteroatoms. The molecule has 2 unspecified atom stereocenters. The quantitative estimate of drug-likeness (QED) is 0.748. The minimum Gasteiger partial charge on any atom is -0.481 e. The van der Waals surface area contributed by atoms with Gasteiger partial charge in [-0.05, 0) is 17.7 Å². The molecule has 0 spiro atoms. The summed E-state index contributed by atoms with van der Waals surface area (Å²) in [6.07, 6.45) is 0.323. The number of rotatable bonds is 8. The number of carboxylic acids is 1. The highest BCUT2D eigenvalue weighted by Crippen LogP contribution is 2.09. The number of amides is 2. The third-order valence-corrected chi connectivity index (χ3v) is 4.27. The van der Waals surface area contributed by atoms with Crippen LogP contribution in [0.2, 0.25) is 0 Å². The van der Waals surface area contributed by atoms with Gasteiger partial charge in [-0.1, -0.05) is 55.5 Å². The normalized spacial score (nSPS) is 12.7. The van der Waals surface area contributed by atoms with Gasteiger partial charge in [0.1, 0.15) is 6.04 Å². The number of benzene rings is 2. The highest BCUT2D eigenvalue weighted by atomic mass is 16.4. The van der Waals surface area contributed by atoms with Crippen LogP contribution in [-0.2, 0) is 16.0 Å². The van der Waals surface area contributed by atoms with Gasteiger partial charge in [0.25, 0.3) is 5.91 Å².